The highest BCUT2D eigenvalue weighted by Crippen LogP contribution is 2.75. The van der Waals surface area contributed by atoms with E-state index >= 15 is 0 Å². The molecule has 45 heavy (non-hydrogen) atoms. The number of oxime groups is 1. The number of esters is 1. The number of thioether (sulfide) groups is 1. The number of hydrogen-bond donors (Lipinski definition) is 1. The van der Waals surface area contributed by atoms with Gasteiger partial charge in [0.15, 0.2) is 0 Å². The van der Waals surface area contributed by atoms with Crippen LogP contribution in [0.3, 0.4) is 0 Å². The van der Waals surface area contributed by atoms with Crippen molar-refractivity contribution >= 4 is 40.6 Å². The molecule has 6 rings (SSSR count). The van der Waals surface area contributed by atoms with Crippen LogP contribution in [0, 0.1) is 50.2 Å². The molecule has 7 atom stereocenters. The average Bonchev–Trinajstić information content (AvgIpc) is 3.27. The summed E-state index contributed by atoms with van der Waals surface area (Å²) < 4.78 is 5.51. The Balaban J connectivity index is 1.29. The van der Waals surface area contributed by atoms with Gasteiger partial charge in [-0.05, 0) is 115 Å². The molecule has 0 aromatic carbocycles. The lowest BCUT2D eigenvalue weighted by atomic mass is 9.33. The van der Waals surface area contributed by atoms with Gasteiger partial charge in [0.1, 0.15) is 0 Å². The summed E-state index contributed by atoms with van der Waals surface area (Å²) in [5.74, 6) is -0.263. The molecule has 0 bridgehead atoms. The summed E-state index contributed by atoms with van der Waals surface area (Å²) in [6, 6.07) is 0. The highest BCUT2D eigenvalue weighted by Gasteiger charge is 2.69. The first-order valence-electron chi connectivity index (χ1n) is 16.8. The van der Waals surface area contributed by atoms with Crippen LogP contribution in [-0.2, 0) is 24.0 Å². The van der Waals surface area contributed by atoms with Gasteiger partial charge < -0.3 is 9.57 Å². The van der Waals surface area contributed by atoms with E-state index in [9.17, 15) is 19.2 Å². The second-order valence-electron chi connectivity index (χ2n) is 16.9. The third-order valence-corrected chi connectivity index (χ3v) is 15.0. The molecule has 0 aromatic rings. The molecule has 246 valence electrons. The minimum Gasteiger partial charge on any atom is -0.469 e. The first kappa shape index (κ1) is 32.5. The normalized spacial score (nSPS) is 43.3. The zero-order valence-electron chi connectivity index (χ0n) is 28.3. The maximum Gasteiger partial charge on any atom is 0.359 e. The lowest BCUT2D eigenvalue weighted by Crippen LogP contribution is -2.64. The highest BCUT2D eigenvalue weighted by atomic mass is 32.2. The van der Waals surface area contributed by atoms with E-state index in [4.69, 9.17) is 9.57 Å². The zero-order valence-corrected chi connectivity index (χ0v) is 29.1. The Hall–Kier alpha value is -2.42. The fourth-order valence-electron chi connectivity index (χ4n) is 11.4. The van der Waals surface area contributed by atoms with Gasteiger partial charge in [-0.3, -0.25) is 19.7 Å². The van der Waals surface area contributed by atoms with Crippen molar-refractivity contribution in [2.45, 2.75) is 113 Å². The molecule has 0 spiro atoms. The number of amides is 2. The van der Waals surface area contributed by atoms with E-state index in [0.29, 0.717) is 23.6 Å². The Morgan fingerprint density at radius 2 is 1.69 bits per heavy atom. The summed E-state index contributed by atoms with van der Waals surface area (Å²) in [7, 11) is 1.56. The molecular formula is C36H50N2O6S. The van der Waals surface area contributed by atoms with Crippen molar-refractivity contribution in [3.05, 3.63) is 22.6 Å². The Morgan fingerprint density at radius 1 is 0.978 bits per heavy atom. The van der Waals surface area contributed by atoms with Gasteiger partial charge in [0.25, 0.3) is 11.1 Å². The molecule has 0 radical (unpaired) electrons. The summed E-state index contributed by atoms with van der Waals surface area (Å²) in [5.41, 5.74) is 2.13. The number of nitrogens with one attached hydrogen (secondary N) is 1. The number of rotatable bonds is 3. The lowest BCUT2D eigenvalue weighted by Gasteiger charge is -2.70. The van der Waals surface area contributed by atoms with E-state index in [0.717, 1.165) is 76.0 Å². The standard InChI is InChI=1S/C36H50N2O6S/c1-31(2)15-17-36(29(41)43-8)18-16-34(6)21(22(36)20-31)9-10-25-33(5)13-12-26(32(3,4)24(33)11-14-35(25,34)7)38-44-27(39)19-23-28(40)37-30(42)45-23/h9,19,22,24-25H,10-18,20H2,1-8H3,(H,37,40,42)/b23-19-,38-26-/t22-,24-,25-,33+,34-,35-,36+/m1/s1. The maximum atomic E-state index is 13.5. The number of carbonyl (C=O) groups is 4. The van der Waals surface area contributed by atoms with Crippen LogP contribution in [0.15, 0.2) is 27.8 Å². The number of imide groups is 1. The monoisotopic (exact) mass is 638 g/mol. The fourth-order valence-corrected chi connectivity index (χ4v) is 12.1. The molecule has 1 saturated heterocycles. The molecule has 5 aliphatic carbocycles. The molecule has 1 aliphatic heterocycles. The molecule has 8 nitrogen and oxygen atoms in total. The third-order valence-electron chi connectivity index (χ3n) is 14.1. The van der Waals surface area contributed by atoms with Crippen LogP contribution < -0.4 is 5.32 Å². The van der Waals surface area contributed by atoms with Gasteiger partial charge in [0.2, 0.25) is 0 Å². The minimum atomic E-state index is -0.751. The van der Waals surface area contributed by atoms with Crippen LogP contribution in [0.1, 0.15) is 113 Å². The summed E-state index contributed by atoms with van der Waals surface area (Å²) in [6.07, 6.45) is 13.4. The molecule has 1 N–H and O–H groups in total. The van der Waals surface area contributed by atoms with Crippen molar-refractivity contribution in [1.82, 2.24) is 5.32 Å². The van der Waals surface area contributed by atoms with Gasteiger partial charge in [0.05, 0.1) is 23.1 Å². The number of carbonyl (C=O) groups excluding carboxylic acids is 4. The van der Waals surface area contributed by atoms with Crippen molar-refractivity contribution in [3.63, 3.8) is 0 Å². The predicted molar refractivity (Wildman–Crippen MR) is 174 cm³/mol. The molecule has 6 aliphatic rings. The zero-order chi connectivity index (χ0) is 32.8. The van der Waals surface area contributed by atoms with Crippen molar-refractivity contribution < 1.29 is 28.8 Å². The molecule has 5 fully saturated rings. The summed E-state index contributed by atoms with van der Waals surface area (Å²) in [5, 5.41) is 6.02. The number of ether oxygens (including phenoxy) is 1. The number of allylic oxidation sites excluding steroid dienone is 2. The van der Waals surface area contributed by atoms with E-state index in [-0.39, 0.29) is 43.9 Å². The SMILES string of the molecule is COC(=O)[C@]12CCC(C)(C)C[C@@H]1C1=CC[C@@H]3[C@@]4(C)CC/C(=N/OC(=O)/C=C5\SC(=O)NC5=O)C(C)(C)[C@H]4CC[C@@]3(C)[C@]1(C)CC2. The first-order valence-corrected chi connectivity index (χ1v) is 17.6. The van der Waals surface area contributed by atoms with Crippen LogP contribution in [0.5, 0.6) is 0 Å². The van der Waals surface area contributed by atoms with Crippen molar-refractivity contribution in [3.8, 4) is 0 Å². The molecule has 2 amide bonds. The summed E-state index contributed by atoms with van der Waals surface area (Å²) in [6.45, 7) is 16.8. The second-order valence-corrected chi connectivity index (χ2v) is 17.9. The molecular weight excluding hydrogens is 588 g/mol. The van der Waals surface area contributed by atoms with E-state index < -0.39 is 22.5 Å². The number of hydrogen-bond acceptors (Lipinski definition) is 8. The Bertz CT molecular complexity index is 1440. The fraction of sp³-hybridized carbons (Fsp3) is 0.750. The Morgan fingerprint density at radius 3 is 2.36 bits per heavy atom. The van der Waals surface area contributed by atoms with E-state index in [2.05, 4.69) is 65.0 Å². The maximum absolute atomic E-state index is 13.5. The third kappa shape index (κ3) is 4.71. The van der Waals surface area contributed by atoms with Crippen LogP contribution in [-0.4, -0.2) is 35.9 Å². The topological polar surface area (TPSA) is 111 Å². The summed E-state index contributed by atoms with van der Waals surface area (Å²) in [4.78, 5) is 54.7. The van der Waals surface area contributed by atoms with Gasteiger partial charge >= 0.3 is 11.9 Å². The lowest BCUT2D eigenvalue weighted by molar-refractivity contribution is -0.181. The van der Waals surface area contributed by atoms with Gasteiger partial charge in [-0.25, -0.2) is 4.79 Å². The minimum absolute atomic E-state index is 0.00890. The van der Waals surface area contributed by atoms with Crippen molar-refractivity contribution in [2.24, 2.45) is 55.4 Å². The van der Waals surface area contributed by atoms with Gasteiger partial charge in [-0.15, -0.1) is 0 Å². The molecule has 4 saturated carbocycles. The average molecular weight is 639 g/mol. The van der Waals surface area contributed by atoms with Gasteiger partial charge in [-0.1, -0.05) is 65.3 Å². The quantitative estimate of drug-likeness (QED) is 0.111. The number of methoxy groups -OCH3 is 1. The molecule has 1 heterocycles. The Labute approximate surface area is 271 Å². The predicted octanol–water partition coefficient (Wildman–Crippen LogP) is 7.73. The van der Waals surface area contributed by atoms with E-state index in [1.807, 2.05) is 0 Å². The van der Waals surface area contributed by atoms with Crippen LogP contribution in [0.4, 0.5) is 4.79 Å². The van der Waals surface area contributed by atoms with E-state index in [1.165, 1.54) is 5.57 Å². The van der Waals surface area contributed by atoms with Gasteiger partial charge in [-0.2, -0.15) is 0 Å². The number of fused-ring (bicyclic) bond motifs is 7. The smallest absolute Gasteiger partial charge is 0.359 e. The molecule has 0 aromatic heterocycles. The van der Waals surface area contributed by atoms with Crippen molar-refractivity contribution in [2.75, 3.05) is 7.11 Å². The van der Waals surface area contributed by atoms with Gasteiger partial charge in [0, 0.05) is 11.5 Å². The molecule has 9 heteroatoms. The van der Waals surface area contributed by atoms with Crippen LogP contribution in [0.25, 0.3) is 0 Å². The number of nitrogens with zero attached hydrogens (tertiary/aromatic N) is 1. The van der Waals surface area contributed by atoms with E-state index in [1.54, 1.807) is 7.11 Å². The largest absolute Gasteiger partial charge is 0.469 e. The summed E-state index contributed by atoms with van der Waals surface area (Å²) >= 11 is 0.688. The molecule has 0 unspecified atom stereocenters. The first-order chi connectivity index (χ1) is 20.9. The highest BCUT2D eigenvalue weighted by molar-refractivity contribution is 8.18. The van der Waals surface area contributed by atoms with Crippen LogP contribution >= 0.6 is 11.8 Å². The van der Waals surface area contributed by atoms with Crippen LogP contribution in [0.2, 0.25) is 0 Å². The van der Waals surface area contributed by atoms with Crippen molar-refractivity contribution in [1.29, 1.82) is 0 Å². The Kier molecular flexibility index (Phi) is 7.62. The second kappa shape index (κ2) is 10.5.